The molecule has 37 heavy (non-hydrogen) atoms. The van der Waals surface area contributed by atoms with E-state index in [1.165, 1.54) is 0 Å². The van der Waals surface area contributed by atoms with Crippen LogP contribution in [0.15, 0.2) is 63.4 Å². The average Bonchev–Trinajstić information content (AvgIpc) is 2.88. The van der Waals surface area contributed by atoms with Crippen LogP contribution in [0.3, 0.4) is 0 Å². The van der Waals surface area contributed by atoms with Gasteiger partial charge in [0.15, 0.2) is 17.3 Å². The fourth-order valence-corrected chi connectivity index (χ4v) is 5.78. The standard InChI is InChI=1S/C30H30BrN3O3/c1-4-6-21-11-25-29(26(35)12-21)28(23(16-33)18(3)34-25)22-13-24(31)30(27(14-22)36-5-2)37-17-20-9-7-19(15-32)8-10-20/h7-10,13-14,21,28,34H,4-6,11-12,17H2,1-3H3. The molecule has 2 aromatic carbocycles. The Labute approximate surface area is 226 Å². The van der Waals surface area contributed by atoms with Gasteiger partial charge in [0.2, 0.25) is 0 Å². The number of hydrogen-bond donors (Lipinski definition) is 1. The maximum Gasteiger partial charge on any atom is 0.175 e. The molecule has 0 aromatic heterocycles. The van der Waals surface area contributed by atoms with E-state index in [2.05, 4.69) is 40.3 Å². The van der Waals surface area contributed by atoms with Gasteiger partial charge >= 0.3 is 0 Å². The van der Waals surface area contributed by atoms with Gasteiger partial charge in [0.05, 0.1) is 40.3 Å². The maximum atomic E-state index is 13.4. The van der Waals surface area contributed by atoms with E-state index in [0.717, 1.165) is 41.8 Å². The minimum absolute atomic E-state index is 0.104. The second-order valence-electron chi connectivity index (χ2n) is 9.45. The molecule has 190 valence electrons. The van der Waals surface area contributed by atoms with Gasteiger partial charge in [0.25, 0.3) is 0 Å². The van der Waals surface area contributed by atoms with Crippen LogP contribution >= 0.6 is 15.9 Å². The summed E-state index contributed by atoms with van der Waals surface area (Å²) in [7, 11) is 0. The first-order chi connectivity index (χ1) is 17.9. The van der Waals surface area contributed by atoms with Crippen LogP contribution in [0.5, 0.6) is 11.5 Å². The summed E-state index contributed by atoms with van der Waals surface area (Å²) in [5.41, 5.74) is 5.28. The third kappa shape index (κ3) is 5.58. The van der Waals surface area contributed by atoms with Gasteiger partial charge in [-0.15, -0.1) is 0 Å². The molecule has 0 amide bonds. The second-order valence-corrected chi connectivity index (χ2v) is 10.3. The lowest BCUT2D eigenvalue weighted by atomic mass is 9.72. The number of allylic oxidation sites excluding steroid dienone is 4. The van der Waals surface area contributed by atoms with Crippen molar-refractivity contribution in [1.82, 2.24) is 5.32 Å². The normalized spacial score (nSPS) is 19.0. The minimum Gasteiger partial charge on any atom is -0.490 e. The van der Waals surface area contributed by atoms with E-state index in [1.54, 1.807) is 12.1 Å². The van der Waals surface area contributed by atoms with E-state index in [4.69, 9.17) is 14.7 Å². The predicted octanol–water partition coefficient (Wildman–Crippen LogP) is 6.82. The monoisotopic (exact) mass is 559 g/mol. The zero-order valence-electron chi connectivity index (χ0n) is 21.4. The Bertz CT molecular complexity index is 1350. The summed E-state index contributed by atoms with van der Waals surface area (Å²) in [4.78, 5) is 13.4. The third-order valence-electron chi connectivity index (χ3n) is 6.86. The molecule has 1 aliphatic carbocycles. The smallest absolute Gasteiger partial charge is 0.175 e. The number of Topliss-reactive ketones (excluding diaryl/α,β-unsaturated/α-hetero) is 1. The lowest BCUT2D eigenvalue weighted by Gasteiger charge is -2.35. The SMILES string of the molecule is CCCC1CC(=O)C2=C(C1)NC(C)=C(C#N)C2c1cc(Br)c(OCc2ccc(C#N)cc2)c(OCC)c1. The van der Waals surface area contributed by atoms with Gasteiger partial charge in [0, 0.05) is 23.4 Å². The first-order valence-corrected chi connectivity index (χ1v) is 13.4. The molecule has 2 atom stereocenters. The summed E-state index contributed by atoms with van der Waals surface area (Å²) in [6.07, 6.45) is 3.37. The lowest BCUT2D eigenvalue weighted by molar-refractivity contribution is -0.117. The molecule has 0 radical (unpaired) electrons. The molecule has 0 bridgehead atoms. The Balaban J connectivity index is 1.72. The van der Waals surface area contributed by atoms with E-state index in [-0.39, 0.29) is 5.78 Å². The summed E-state index contributed by atoms with van der Waals surface area (Å²) in [5.74, 6) is 1.06. The van der Waals surface area contributed by atoms with Crippen molar-refractivity contribution in [3.05, 3.63) is 80.1 Å². The van der Waals surface area contributed by atoms with Crippen molar-refractivity contribution < 1.29 is 14.3 Å². The highest BCUT2D eigenvalue weighted by Gasteiger charge is 2.39. The van der Waals surface area contributed by atoms with E-state index < -0.39 is 5.92 Å². The Hall–Kier alpha value is -3.55. The Morgan fingerprint density at radius 1 is 1.08 bits per heavy atom. The summed E-state index contributed by atoms with van der Waals surface area (Å²) < 4.78 is 12.8. The molecule has 1 aliphatic heterocycles. The zero-order valence-corrected chi connectivity index (χ0v) is 22.9. The number of halogens is 1. The van der Waals surface area contributed by atoms with E-state index in [1.807, 2.05) is 38.1 Å². The lowest BCUT2D eigenvalue weighted by Crippen LogP contribution is -2.34. The van der Waals surface area contributed by atoms with Gasteiger partial charge in [-0.1, -0.05) is 25.5 Å². The first-order valence-electron chi connectivity index (χ1n) is 12.6. The van der Waals surface area contributed by atoms with Crippen LogP contribution in [0.4, 0.5) is 0 Å². The predicted molar refractivity (Wildman–Crippen MR) is 145 cm³/mol. The molecular formula is C30H30BrN3O3. The number of dihydropyridines is 1. The van der Waals surface area contributed by atoms with Crippen molar-refractivity contribution in [3.8, 4) is 23.6 Å². The summed E-state index contributed by atoms with van der Waals surface area (Å²) in [6.45, 7) is 6.67. The number of hydrogen-bond acceptors (Lipinski definition) is 6. The van der Waals surface area contributed by atoms with Gasteiger partial charge < -0.3 is 14.8 Å². The van der Waals surface area contributed by atoms with Gasteiger partial charge in [-0.05, 0) is 83.9 Å². The molecule has 6 nitrogen and oxygen atoms in total. The number of carbonyl (C=O) groups is 1. The highest BCUT2D eigenvalue weighted by molar-refractivity contribution is 9.10. The summed E-state index contributed by atoms with van der Waals surface area (Å²) in [5, 5.41) is 22.5. The number of benzene rings is 2. The van der Waals surface area contributed by atoms with Crippen LogP contribution in [0.1, 0.15) is 69.1 Å². The van der Waals surface area contributed by atoms with Crippen LogP contribution in [-0.4, -0.2) is 12.4 Å². The van der Waals surface area contributed by atoms with Crippen LogP contribution in [0, 0.1) is 28.6 Å². The number of rotatable bonds is 8. The van der Waals surface area contributed by atoms with Crippen molar-refractivity contribution in [2.45, 2.75) is 59.0 Å². The quantitative estimate of drug-likeness (QED) is 0.381. The van der Waals surface area contributed by atoms with Gasteiger partial charge in [-0.3, -0.25) is 4.79 Å². The van der Waals surface area contributed by atoms with Crippen LogP contribution in [0.25, 0.3) is 0 Å². The molecule has 0 saturated heterocycles. The van der Waals surface area contributed by atoms with Crippen molar-refractivity contribution >= 4 is 21.7 Å². The molecule has 7 heteroatoms. The molecule has 0 saturated carbocycles. The second kappa shape index (κ2) is 11.7. The number of ketones is 1. The van der Waals surface area contributed by atoms with E-state index >= 15 is 0 Å². The molecule has 0 spiro atoms. The first kappa shape index (κ1) is 26.5. The molecular weight excluding hydrogens is 530 g/mol. The van der Waals surface area contributed by atoms with Gasteiger partial charge in [-0.2, -0.15) is 10.5 Å². The zero-order chi connectivity index (χ0) is 26.5. The van der Waals surface area contributed by atoms with Crippen molar-refractivity contribution in [3.63, 3.8) is 0 Å². The van der Waals surface area contributed by atoms with Crippen molar-refractivity contribution in [2.75, 3.05) is 6.61 Å². The Kier molecular flexibility index (Phi) is 8.36. The number of nitrogens with zero attached hydrogens (tertiary/aromatic N) is 2. The van der Waals surface area contributed by atoms with Crippen molar-refractivity contribution in [2.24, 2.45) is 5.92 Å². The van der Waals surface area contributed by atoms with Gasteiger partial charge in [-0.25, -0.2) is 0 Å². The number of nitrogens with one attached hydrogen (secondary N) is 1. The minimum atomic E-state index is -0.459. The molecule has 1 heterocycles. The Morgan fingerprint density at radius 2 is 1.84 bits per heavy atom. The Morgan fingerprint density at radius 3 is 2.49 bits per heavy atom. The number of carbonyl (C=O) groups excluding carboxylic acids is 1. The number of nitriles is 2. The van der Waals surface area contributed by atoms with E-state index in [0.29, 0.717) is 58.2 Å². The van der Waals surface area contributed by atoms with Gasteiger partial charge in [0.1, 0.15) is 6.61 Å². The summed E-state index contributed by atoms with van der Waals surface area (Å²) in [6, 6.07) is 15.5. The molecule has 2 unspecified atom stereocenters. The largest absolute Gasteiger partial charge is 0.490 e. The highest BCUT2D eigenvalue weighted by atomic mass is 79.9. The number of ether oxygens (including phenoxy) is 2. The summed E-state index contributed by atoms with van der Waals surface area (Å²) >= 11 is 3.66. The molecule has 2 aromatic rings. The fraction of sp³-hybridized carbons (Fsp3) is 0.367. The topological polar surface area (TPSA) is 95.1 Å². The molecule has 4 rings (SSSR count). The van der Waals surface area contributed by atoms with Crippen LogP contribution in [-0.2, 0) is 11.4 Å². The fourth-order valence-electron chi connectivity index (χ4n) is 5.20. The molecule has 1 N–H and O–H groups in total. The van der Waals surface area contributed by atoms with Crippen LogP contribution in [0.2, 0.25) is 0 Å². The average molecular weight is 560 g/mol. The van der Waals surface area contributed by atoms with E-state index in [9.17, 15) is 10.1 Å². The molecule has 2 aliphatic rings. The maximum absolute atomic E-state index is 13.4. The van der Waals surface area contributed by atoms with Crippen molar-refractivity contribution in [1.29, 1.82) is 10.5 Å². The highest BCUT2D eigenvalue weighted by Crippen LogP contribution is 2.47. The molecule has 0 fully saturated rings. The third-order valence-corrected chi connectivity index (χ3v) is 7.45. The van der Waals surface area contributed by atoms with Crippen LogP contribution < -0.4 is 14.8 Å².